The van der Waals surface area contributed by atoms with E-state index in [2.05, 4.69) is 15.0 Å². The minimum absolute atomic E-state index is 0.0787. The average Bonchev–Trinajstić information content (AvgIpc) is 3.17. The van der Waals surface area contributed by atoms with Crippen LogP contribution in [0.4, 0.5) is 0 Å². The number of benzene rings is 1. The van der Waals surface area contributed by atoms with Gasteiger partial charge in [0.1, 0.15) is 12.2 Å². The third kappa shape index (κ3) is 3.78. The molecule has 0 aliphatic carbocycles. The first-order valence-corrected chi connectivity index (χ1v) is 9.34. The maximum Gasteiger partial charge on any atom is 0.227 e. The molecule has 0 spiro atoms. The first-order valence-electron chi connectivity index (χ1n) is 9.34. The summed E-state index contributed by atoms with van der Waals surface area (Å²) in [5.74, 6) is 1.27. The molecule has 3 heterocycles. The normalized spacial score (nSPS) is 21.7. The van der Waals surface area contributed by atoms with Gasteiger partial charge in [0.15, 0.2) is 0 Å². The highest BCUT2D eigenvalue weighted by Gasteiger charge is 2.30. The SMILES string of the molecule is O=C(C1CCCN(Cc2ncnn2-c2ccccc2)C1)N1CCOCC1. The Hall–Kier alpha value is -2.25. The number of ether oxygens (including phenoxy) is 1. The van der Waals surface area contributed by atoms with E-state index < -0.39 is 0 Å². The van der Waals surface area contributed by atoms with E-state index in [1.165, 1.54) is 0 Å². The monoisotopic (exact) mass is 355 g/mol. The topological polar surface area (TPSA) is 63.5 Å². The maximum absolute atomic E-state index is 12.8. The van der Waals surface area contributed by atoms with Crippen LogP contribution in [-0.2, 0) is 16.1 Å². The molecule has 0 radical (unpaired) electrons. The molecule has 0 N–H and O–H groups in total. The molecule has 138 valence electrons. The Bertz CT molecular complexity index is 727. The Labute approximate surface area is 153 Å². The number of carbonyl (C=O) groups is 1. The first kappa shape index (κ1) is 17.2. The maximum atomic E-state index is 12.8. The Morgan fingerprint density at radius 2 is 1.96 bits per heavy atom. The molecule has 1 atom stereocenters. The molecule has 2 aliphatic heterocycles. The number of piperidine rings is 1. The zero-order chi connectivity index (χ0) is 17.8. The second-order valence-electron chi connectivity index (χ2n) is 6.94. The van der Waals surface area contributed by atoms with E-state index in [0.717, 1.165) is 50.5 Å². The van der Waals surface area contributed by atoms with Crippen LogP contribution in [-0.4, -0.2) is 69.9 Å². The van der Waals surface area contributed by atoms with Gasteiger partial charge in [-0.25, -0.2) is 9.67 Å². The molecule has 0 saturated carbocycles. The van der Waals surface area contributed by atoms with Gasteiger partial charge in [-0.2, -0.15) is 5.10 Å². The lowest BCUT2D eigenvalue weighted by Gasteiger charge is -2.36. The van der Waals surface area contributed by atoms with Gasteiger partial charge in [0.2, 0.25) is 5.91 Å². The van der Waals surface area contributed by atoms with Crippen LogP contribution >= 0.6 is 0 Å². The van der Waals surface area contributed by atoms with Crippen LogP contribution in [0, 0.1) is 5.92 Å². The zero-order valence-corrected chi connectivity index (χ0v) is 15.0. The van der Waals surface area contributed by atoms with Crippen molar-refractivity contribution in [2.24, 2.45) is 5.92 Å². The molecule has 2 saturated heterocycles. The summed E-state index contributed by atoms with van der Waals surface area (Å²) in [4.78, 5) is 21.5. The average molecular weight is 355 g/mol. The fourth-order valence-electron chi connectivity index (χ4n) is 3.80. The number of morpholine rings is 1. The van der Waals surface area contributed by atoms with Crippen LogP contribution in [0.5, 0.6) is 0 Å². The van der Waals surface area contributed by atoms with Crippen molar-refractivity contribution in [1.29, 1.82) is 0 Å². The summed E-state index contributed by atoms with van der Waals surface area (Å²) < 4.78 is 7.24. The summed E-state index contributed by atoms with van der Waals surface area (Å²) in [5, 5.41) is 4.37. The Kier molecular flexibility index (Phi) is 5.26. The number of amides is 1. The van der Waals surface area contributed by atoms with Crippen LogP contribution in [0.3, 0.4) is 0 Å². The summed E-state index contributed by atoms with van der Waals surface area (Å²) in [6.07, 6.45) is 3.61. The summed E-state index contributed by atoms with van der Waals surface area (Å²) in [6.45, 7) is 5.24. The fourth-order valence-corrected chi connectivity index (χ4v) is 3.80. The van der Waals surface area contributed by atoms with E-state index in [9.17, 15) is 4.79 Å². The molecule has 2 aliphatic rings. The van der Waals surface area contributed by atoms with Crippen LogP contribution in [0.1, 0.15) is 18.7 Å². The van der Waals surface area contributed by atoms with E-state index in [0.29, 0.717) is 19.8 Å². The molecule has 1 aromatic carbocycles. The second-order valence-corrected chi connectivity index (χ2v) is 6.94. The summed E-state index contributed by atoms with van der Waals surface area (Å²) in [6, 6.07) is 10.0. The molecule has 26 heavy (non-hydrogen) atoms. The number of rotatable bonds is 4. The predicted octanol–water partition coefficient (Wildman–Crippen LogP) is 1.34. The van der Waals surface area contributed by atoms with Gasteiger partial charge < -0.3 is 9.64 Å². The predicted molar refractivity (Wildman–Crippen MR) is 96.8 cm³/mol. The summed E-state index contributed by atoms with van der Waals surface area (Å²) >= 11 is 0. The van der Waals surface area contributed by atoms with E-state index in [4.69, 9.17) is 4.74 Å². The minimum Gasteiger partial charge on any atom is -0.378 e. The Morgan fingerprint density at radius 1 is 1.15 bits per heavy atom. The van der Waals surface area contributed by atoms with Crippen molar-refractivity contribution in [3.05, 3.63) is 42.5 Å². The molecule has 4 rings (SSSR count). The van der Waals surface area contributed by atoms with Crippen molar-refractivity contribution in [2.75, 3.05) is 39.4 Å². The largest absolute Gasteiger partial charge is 0.378 e. The lowest BCUT2D eigenvalue weighted by molar-refractivity contribution is -0.141. The van der Waals surface area contributed by atoms with Gasteiger partial charge in [-0.15, -0.1) is 0 Å². The van der Waals surface area contributed by atoms with Gasteiger partial charge in [-0.1, -0.05) is 18.2 Å². The number of hydrogen-bond acceptors (Lipinski definition) is 5. The standard InChI is InChI=1S/C19H25N5O2/c25-19(23-9-11-26-12-10-23)16-5-4-8-22(13-16)14-18-20-15-21-24(18)17-6-2-1-3-7-17/h1-3,6-7,15-16H,4-5,8-14H2. The van der Waals surface area contributed by atoms with Gasteiger partial charge in [0.25, 0.3) is 0 Å². The highest BCUT2D eigenvalue weighted by atomic mass is 16.5. The lowest BCUT2D eigenvalue weighted by Crippen LogP contribution is -2.48. The molecule has 7 nitrogen and oxygen atoms in total. The van der Waals surface area contributed by atoms with E-state index in [1.807, 2.05) is 39.9 Å². The van der Waals surface area contributed by atoms with Gasteiger partial charge in [-0.05, 0) is 31.5 Å². The minimum atomic E-state index is 0.0787. The number of hydrogen-bond donors (Lipinski definition) is 0. The number of nitrogens with zero attached hydrogens (tertiary/aromatic N) is 5. The van der Waals surface area contributed by atoms with Crippen LogP contribution in [0.15, 0.2) is 36.7 Å². The molecule has 7 heteroatoms. The third-order valence-electron chi connectivity index (χ3n) is 5.16. The van der Waals surface area contributed by atoms with E-state index in [1.54, 1.807) is 6.33 Å². The van der Waals surface area contributed by atoms with Crippen molar-refractivity contribution in [3.8, 4) is 5.69 Å². The molecule has 2 aromatic rings. The molecule has 0 bridgehead atoms. The van der Waals surface area contributed by atoms with Gasteiger partial charge in [0.05, 0.1) is 31.4 Å². The van der Waals surface area contributed by atoms with E-state index in [-0.39, 0.29) is 11.8 Å². The summed E-state index contributed by atoms with van der Waals surface area (Å²) in [7, 11) is 0. The number of aromatic nitrogens is 3. The fraction of sp³-hybridized carbons (Fsp3) is 0.526. The molecular formula is C19H25N5O2. The van der Waals surface area contributed by atoms with Gasteiger partial charge >= 0.3 is 0 Å². The molecular weight excluding hydrogens is 330 g/mol. The molecule has 1 unspecified atom stereocenters. The van der Waals surface area contributed by atoms with Crippen LogP contribution in [0.2, 0.25) is 0 Å². The molecule has 1 amide bonds. The van der Waals surface area contributed by atoms with Crippen molar-refractivity contribution >= 4 is 5.91 Å². The van der Waals surface area contributed by atoms with Crippen LogP contribution < -0.4 is 0 Å². The quantitative estimate of drug-likeness (QED) is 0.828. The number of carbonyl (C=O) groups excluding carboxylic acids is 1. The highest BCUT2D eigenvalue weighted by molar-refractivity contribution is 5.79. The second kappa shape index (κ2) is 7.97. The summed E-state index contributed by atoms with van der Waals surface area (Å²) in [5.41, 5.74) is 1.01. The lowest BCUT2D eigenvalue weighted by atomic mass is 9.96. The van der Waals surface area contributed by atoms with Gasteiger partial charge in [0, 0.05) is 19.6 Å². The van der Waals surface area contributed by atoms with Crippen molar-refractivity contribution in [1.82, 2.24) is 24.6 Å². The van der Waals surface area contributed by atoms with Crippen molar-refractivity contribution < 1.29 is 9.53 Å². The molecule has 1 aromatic heterocycles. The Morgan fingerprint density at radius 3 is 2.77 bits per heavy atom. The third-order valence-corrected chi connectivity index (χ3v) is 5.16. The van der Waals surface area contributed by atoms with Crippen LogP contribution in [0.25, 0.3) is 5.69 Å². The number of likely N-dealkylation sites (tertiary alicyclic amines) is 1. The van der Waals surface area contributed by atoms with Crippen molar-refractivity contribution in [3.63, 3.8) is 0 Å². The highest BCUT2D eigenvalue weighted by Crippen LogP contribution is 2.21. The van der Waals surface area contributed by atoms with Gasteiger partial charge in [-0.3, -0.25) is 9.69 Å². The Balaban J connectivity index is 1.41. The first-order chi connectivity index (χ1) is 12.8. The molecule has 2 fully saturated rings. The van der Waals surface area contributed by atoms with E-state index >= 15 is 0 Å². The smallest absolute Gasteiger partial charge is 0.227 e. The van der Waals surface area contributed by atoms with Crippen molar-refractivity contribution in [2.45, 2.75) is 19.4 Å². The zero-order valence-electron chi connectivity index (χ0n) is 15.0. The number of para-hydroxylation sites is 1.